The summed E-state index contributed by atoms with van der Waals surface area (Å²) in [4.78, 5) is 11.1. The van der Waals surface area contributed by atoms with Crippen LogP contribution in [-0.2, 0) is 13.0 Å². The Labute approximate surface area is 137 Å². The van der Waals surface area contributed by atoms with Crippen LogP contribution in [0.15, 0.2) is 49.1 Å². The summed E-state index contributed by atoms with van der Waals surface area (Å²) in [6, 6.07) is 11.6. The number of hydrogen-bond acceptors (Lipinski definition) is 3. The smallest absolute Gasteiger partial charge is 0.165 e. The van der Waals surface area contributed by atoms with Crippen molar-refractivity contribution in [2.45, 2.75) is 26.9 Å². The summed E-state index contributed by atoms with van der Waals surface area (Å²) in [6.07, 6.45) is 3.23. The molecule has 0 saturated heterocycles. The van der Waals surface area contributed by atoms with Gasteiger partial charge in [-0.1, -0.05) is 30.3 Å². The Bertz CT molecular complexity index is 689. The number of allylic oxidation sites excluding steroid dienone is 1. The van der Waals surface area contributed by atoms with Gasteiger partial charge in [-0.3, -0.25) is 4.79 Å². The van der Waals surface area contributed by atoms with Gasteiger partial charge in [-0.25, -0.2) is 0 Å². The number of carbonyl (C=O) groups excluding carboxylic acids is 1. The molecule has 0 atom stereocenters. The molecule has 3 heteroatoms. The summed E-state index contributed by atoms with van der Waals surface area (Å²) in [5.74, 6) is 1.28. The third-order valence-electron chi connectivity index (χ3n) is 3.59. The fourth-order valence-corrected chi connectivity index (χ4v) is 2.41. The van der Waals surface area contributed by atoms with Crippen LogP contribution >= 0.6 is 0 Å². The van der Waals surface area contributed by atoms with Crippen molar-refractivity contribution in [1.82, 2.24) is 0 Å². The van der Waals surface area contributed by atoms with Crippen molar-refractivity contribution in [1.29, 1.82) is 0 Å². The fourth-order valence-electron chi connectivity index (χ4n) is 2.41. The summed E-state index contributed by atoms with van der Waals surface area (Å²) in [7, 11) is 0. The lowest BCUT2D eigenvalue weighted by molar-refractivity contribution is 0.112. The lowest BCUT2D eigenvalue weighted by atomic mass is 10.1. The number of carbonyl (C=O) groups is 1. The Morgan fingerprint density at radius 2 is 1.91 bits per heavy atom. The van der Waals surface area contributed by atoms with Crippen LogP contribution in [0.3, 0.4) is 0 Å². The van der Waals surface area contributed by atoms with E-state index in [-0.39, 0.29) is 0 Å². The average molecular weight is 310 g/mol. The van der Waals surface area contributed by atoms with Crippen molar-refractivity contribution in [3.05, 3.63) is 71.3 Å². The second-order valence-electron chi connectivity index (χ2n) is 5.27. The van der Waals surface area contributed by atoms with Gasteiger partial charge < -0.3 is 9.47 Å². The van der Waals surface area contributed by atoms with Crippen LogP contribution < -0.4 is 9.47 Å². The number of hydrogen-bond donors (Lipinski definition) is 0. The summed E-state index contributed by atoms with van der Waals surface area (Å²) in [5, 5.41) is 0. The van der Waals surface area contributed by atoms with Crippen LogP contribution in [0.25, 0.3) is 0 Å². The molecule has 3 nitrogen and oxygen atoms in total. The highest BCUT2D eigenvalue weighted by molar-refractivity contribution is 5.77. The lowest BCUT2D eigenvalue weighted by Gasteiger charge is -2.17. The van der Waals surface area contributed by atoms with Crippen LogP contribution in [0.1, 0.15) is 34.0 Å². The second-order valence-corrected chi connectivity index (χ2v) is 5.27. The Hall–Kier alpha value is -2.55. The average Bonchev–Trinajstić information content (AvgIpc) is 2.55. The van der Waals surface area contributed by atoms with Crippen LogP contribution in [0.5, 0.6) is 11.5 Å². The molecule has 0 aliphatic heterocycles. The topological polar surface area (TPSA) is 35.5 Å². The molecular formula is C20H22O3. The van der Waals surface area contributed by atoms with Crippen LogP contribution in [-0.4, -0.2) is 12.9 Å². The number of aryl methyl sites for hydroxylation is 1. The third kappa shape index (κ3) is 4.22. The molecule has 120 valence electrons. The molecule has 2 rings (SSSR count). The molecule has 0 amide bonds. The molecule has 23 heavy (non-hydrogen) atoms. The van der Waals surface area contributed by atoms with Crippen molar-refractivity contribution in [2.24, 2.45) is 0 Å². The van der Waals surface area contributed by atoms with E-state index in [1.807, 2.05) is 31.2 Å². The summed E-state index contributed by atoms with van der Waals surface area (Å²) in [5.41, 5.74) is 3.79. The molecular weight excluding hydrogens is 288 g/mol. The zero-order valence-corrected chi connectivity index (χ0v) is 13.7. The summed E-state index contributed by atoms with van der Waals surface area (Å²) >= 11 is 0. The molecule has 0 fully saturated rings. The molecule has 0 radical (unpaired) electrons. The molecule has 0 unspecified atom stereocenters. The SMILES string of the molecule is C=CCc1cc(C=O)cc(OCC)c1OCc1ccccc1C. The Balaban J connectivity index is 2.35. The highest BCUT2D eigenvalue weighted by atomic mass is 16.5. The molecule has 0 spiro atoms. The molecule has 0 heterocycles. The minimum absolute atomic E-state index is 0.456. The molecule has 0 aliphatic carbocycles. The van der Waals surface area contributed by atoms with Crippen molar-refractivity contribution in [2.75, 3.05) is 6.61 Å². The van der Waals surface area contributed by atoms with Gasteiger partial charge in [0.15, 0.2) is 11.5 Å². The van der Waals surface area contributed by atoms with Gasteiger partial charge in [0.05, 0.1) is 6.61 Å². The van der Waals surface area contributed by atoms with Crippen molar-refractivity contribution in [3.8, 4) is 11.5 Å². The first-order chi connectivity index (χ1) is 11.2. The summed E-state index contributed by atoms with van der Waals surface area (Å²) in [6.45, 7) is 8.71. The normalized spacial score (nSPS) is 10.2. The minimum Gasteiger partial charge on any atom is -0.490 e. The maximum atomic E-state index is 11.1. The van der Waals surface area contributed by atoms with Gasteiger partial charge in [-0.05, 0) is 43.5 Å². The van der Waals surface area contributed by atoms with E-state index in [4.69, 9.17) is 9.47 Å². The zero-order chi connectivity index (χ0) is 16.7. The maximum Gasteiger partial charge on any atom is 0.165 e. The van der Waals surface area contributed by atoms with E-state index in [2.05, 4.69) is 19.6 Å². The number of ether oxygens (including phenoxy) is 2. The van der Waals surface area contributed by atoms with Crippen LogP contribution in [0.4, 0.5) is 0 Å². The first-order valence-corrected chi connectivity index (χ1v) is 7.72. The molecule has 0 N–H and O–H groups in total. The molecule has 0 bridgehead atoms. The van der Waals surface area contributed by atoms with Gasteiger partial charge in [-0.15, -0.1) is 6.58 Å². The summed E-state index contributed by atoms with van der Waals surface area (Å²) < 4.78 is 11.7. The Morgan fingerprint density at radius 1 is 1.13 bits per heavy atom. The van der Waals surface area contributed by atoms with Crippen molar-refractivity contribution < 1.29 is 14.3 Å². The van der Waals surface area contributed by atoms with E-state index in [9.17, 15) is 4.79 Å². The van der Waals surface area contributed by atoms with Crippen LogP contribution in [0.2, 0.25) is 0 Å². The van der Waals surface area contributed by atoms with Gasteiger partial charge in [-0.2, -0.15) is 0 Å². The minimum atomic E-state index is 0.456. The number of benzene rings is 2. The van der Waals surface area contributed by atoms with E-state index < -0.39 is 0 Å². The van der Waals surface area contributed by atoms with Gasteiger partial charge in [0, 0.05) is 11.1 Å². The zero-order valence-electron chi connectivity index (χ0n) is 13.7. The first kappa shape index (κ1) is 16.8. The Morgan fingerprint density at radius 3 is 2.57 bits per heavy atom. The molecule has 0 aromatic heterocycles. The van der Waals surface area contributed by atoms with Gasteiger partial charge in [0.1, 0.15) is 12.9 Å². The van der Waals surface area contributed by atoms with E-state index in [0.717, 1.165) is 17.4 Å². The largest absolute Gasteiger partial charge is 0.490 e. The maximum absolute atomic E-state index is 11.1. The fraction of sp³-hybridized carbons (Fsp3) is 0.250. The highest BCUT2D eigenvalue weighted by Crippen LogP contribution is 2.34. The molecule has 2 aromatic rings. The predicted octanol–water partition coefficient (Wildman–Crippen LogP) is 4.51. The highest BCUT2D eigenvalue weighted by Gasteiger charge is 2.13. The monoisotopic (exact) mass is 310 g/mol. The first-order valence-electron chi connectivity index (χ1n) is 7.72. The van der Waals surface area contributed by atoms with Gasteiger partial charge in [0.25, 0.3) is 0 Å². The number of rotatable bonds is 8. The third-order valence-corrected chi connectivity index (χ3v) is 3.59. The molecule has 0 aliphatic rings. The predicted molar refractivity (Wildman–Crippen MR) is 92.4 cm³/mol. The quantitative estimate of drug-likeness (QED) is 0.531. The second kappa shape index (κ2) is 8.18. The lowest BCUT2D eigenvalue weighted by Crippen LogP contribution is -2.04. The van der Waals surface area contributed by atoms with Crippen molar-refractivity contribution >= 4 is 6.29 Å². The van der Waals surface area contributed by atoms with Gasteiger partial charge >= 0.3 is 0 Å². The van der Waals surface area contributed by atoms with E-state index in [1.165, 1.54) is 5.56 Å². The van der Waals surface area contributed by atoms with E-state index in [0.29, 0.717) is 36.7 Å². The van der Waals surface area contributed by atoms with Crippen LogP contribution in [0, 0.1) is 6.92 Å². The molecule has 0 saturated carbocycles. The molecule has 2 aromatic carbocycles. The van der Waals surface area contributed by atoms with E-state index in [1.54, 1.807) is 12.1 Å². The number of aldehydes is 1. The van der Waals surface area contributed by atoms with E-state index >= 15 is 0 Å². The van der Waals surface area contributed by atoms with Crippen molar-refractivity contribution in [3.63, 3.8) is 0 Å². The Kier molecular flexibility index (Phi) is 5.98. The van der Waals surface area contributed by atoms with Gasteiger partial charge in [0.2, 0.25) is 0 Å². The standard InChI is InChI=1S/C20H22O3/c1-4-8-17-11-16(13-21)12-19(22-5-2)20(17)23-14-18-10-7-6-9-15(18)3/h4,6-7,9-13H,1,5,8,14H2,2-3H3.